The highest BCUT2D eigenvalue weighted by molar-refractivity contribution is 5.80. The molecule has 28 heavy (non-hydrogen) atoms. The van der Waals surface area contributed by atoms with Crippen LogP contribution in [0.5, 0.6) is 0 Å². The number of carbonyl (C=O) groups is 1. The molecular weight excluding hydrogens is 358 g/mol. The van der Waals surface area contributed by atoms with Crippen molar-refractivity contribution in [2.75, 3.05) is 20.1 Å². The normalized spacial score (nSPS) is 15.1. The van der Waals surface area contributed by atoms with Gasteiger partial charge < -0.3 is 20.3 Å². The van der Waals surface area contributed by atoms with Crippen molar-refractivity contribution >= 4 is 12.1 Å². The van der Waals surface area contributed by atoms with Gasteiger partial charge in [-0.05, 0) is 32.4 Å². The Balaban J connectivity index is 1.43. The molecule has 0 unspecified atom stereocenters. The zero-order valence-corrected chi connectivity index (χ0v) is 16.7. The van der Waals surface area contributed by atoms with Crippen LogP contribution >= 0.6 is 0 Å². The lowest BCUT2D eigenvalue weighted by Crippen LogP contribution is -2.63. The number of hydrogen-bond donors (Lipinski definition) is 2. The maximum Gasteiger partial charge on any atom is 0.410 e. The first-order chi connectivity index (χ1) is 13.3. The number of amides is 1. The molecule has 1 aliphatic rings. The molecule has 2 aromatic heterocycles. The molecule has 0 atom stereocenters. The van der Waals surface area contributed by atoms with Crippen molar-refractivity contribution in [3.8, 4) is 5.82 Å². The van der Waals surface area contributed by atoms with Crippen molar-refractivity contribution in [2.45, 2.75) is 39.0 Å². The van der Waals surface area contributed by atoms with Crippen LogP contribution in [-0.4, -0.2) is 63.3 Å². The number of carbonyl (C=O) groups excluding carboxylic acids is 1. The molecule has 1 amide bonds. The van der Waals surface area contributed by atoms with Gasteiger partial charge in [-0.25, -0.2) is 14.8 Å². The molecule has 3 heterocycles. The van der Waals surface area contributed by atoms with E-state index in [1.165, 1.54) is 0 Å². The topological polar surface area (TPSA) is 96.7 Å². The molecule has 9 heteroatoms. The molecule has 1 fully saturated rings. The Morgan fingerprint density at radius 3 is 2.71 bits per heavy atom. The number of aliphatic imine (C=N–C) groups is 1. The van der Waals surface area contributed by atoms with Gasteiger partial charge in [0, 0.05) is 45.3 Å². The number of nitrogens with one attached hydrogen (secondary N) is 2. The number of pyridine rings is 1. The van der Waals surface area contributed by atoms with Crippen LogP contribution in [0.1, 0.15) is 26.3 Å². The van der Waals surface area contributed by atoms with Gasteiger partial charge in [0.1, 0.15) is 17.7 Å². The number of guanidine groups is 1. The van der Waals surface area contributed by atoms with Crippen LogP contribution in [0.3, 0.4) is 0 Å². The zero-order chi connectivity index (χ0) is 20.1. The first-order valence-electron chi connectivity index (χ1n) is 9.22. The van der Waals surface area contributed by atoms with Crippen molar-refractivity contribution in [2.24, 2.45) is 4.99 Å². The summed E-state index contributed by atoms with van der Waals surface area (Å²) in [5, 5.41) is 6.58. The molecule has 0 saturated carbocycles. The number of aromatic nitrogens is 3. The number of rotatable bonds is 4. The third-order valence-electron chi connectivity index (χ3n) is 4.14. The molecule has 0 radical (unpaired) electrons. The van der Waals surface area contributed by atoms with Gasteiger partial charge in [-0.15, -0.1) is 0 Å². The number of hydrogen-bond acceptors (Lipinski definition) is 5. The van der Waals surface area contributed by atoms with E-state index in [2.05, 4.69) is 25.6 Å². The van der Waals surface area contributed by atoms with Gasteiger partial charge in [-0.3, -0.25) is 9.56 Å². The highest BCUT2D eigenvalue weighted by Gasteiger charge is 2.34. The summed E-state index contributed by atoms with van der Waals surface area (Å²) in [5.74, 6) is 1.51. The minimum Gasteiger partial charge on any atom is -0.444 e. The van der Waals surface area contributed by atoms with E-state index in [4.69, 9.17) is 4.74 Å². The van der Waals surface area contributed by atoms with Crippen molar-refractivity contribution in [1.29, 1.82) is 0 Å². The molecule has 3 rings (SSSR count). The SMILES string of the molecule is CN=C(NCc1ccc(-n2ccnc2)nc1)NC1CN(C(=O)OC(C)(C)C)C1. The molecule has 150 valence electrons. The molecule has 0 aliphatic carbocycles. The second kappa shape index (κ2) is 8.28. The van der Waals surface area contributed by atoms with Gasteiger partial charge in [0.05, 0.1) is 6.04 Å². The quantitative estimate of drug-likeness (QED) is 0.612. The van der Waals surface area contributed by atoms with Gasteiger partial charge in [0.25, 0.3) is 0 Å². The predicted octanol–water partition coefficient (Wildman–Crippen LogP) is 1.55. The molecule has 2 aromatic rings. The molecule has 0 aromatic carbocycles. The van der Waals surface area contributed by atoms with Crippen LogP contribution in [-0.2, 0) is 11.3 Å². The van der Waals surface area contributed by atoms with Gasteiger partial charge in [0.15, 0.2) is 5.96 Å². The Kier molecular flexibility index (Phi) is 5.81. The Hall–Kier alpha value is -3.10. The molecule has 1 saturated heterocycles. The summed E-state index contributed by atoms with van der Waals surface area (Å²) < 4.78 is 7.22. The molecule has 2 N–H and O–H groups in total. The maximum atomic E-state index is 12.0. The summed E-state index contributed by atoms with van der Waals surface area (Å²) in [4.78, 5) is 26.4. The lowest BCUT2D eigenvalue weighted by molar-refractivity contribution is 0.00701. The van der Waals surface area contributed by atoms with Crippen molar-refractivity contribution < 1.29 is 9.53 Å². The van der Waals surface area contributed by atoms with Gasteiger partial charge in [-0.1, -0.05) is 6.07 Å². The minimum absolute atomic E-state index is 0.153. The summed E-state index contributed by atoms with van der Waals surface area (Å²) >= 11 is 0. The van der Waals surface area contributed by atoms with E-state index in [9.17, 15) is 4.79 Å². The van der Waals surface area contributed by atoms with Crippen LogP contribution in [0.4, 0.5) is 4.79 Å². The summed E-state index contributed by atoms with van der Waals surface area (Å²) in [5.41, 5.74) is 0.560. The third-order valence-corrected chi connectivity index (χ3v) is 4.14. The van der Waals surface area contributed by atoms with Crippen LogP contribution < -0.4 is 10.6 Å². The summed E-state index contributed by atoms with van der Waals surface area (Å²) in [6.07, 6.45) is 6.83. The fraction of sp³-hybridized carbons (Fsp3) is 0.474. The highest BCUT2D eigenvalue weighted by atomic mass is 16.6. The minimum atomic E-state index is -0.478. The number of likely N-dealkylation sites (tertiary alicyclic amines) is 1. The van der Waals surface area contributed by atoms with E-state index in [1.54, 1.807) is 24.5 Å². The maximum absolute atomic E-state index is 12.0. The molecule has 0 bridgehead atoms. The molecule has 9 nitrogen and oxygen atoms in total. The molecule has 0 spiro atoms. The summed E-state index contributed by atoms with van der Waals surface area (Å²) in [7, 11) is 1.72. The average molecular weight is 385 g/mol. The number of nitrogens with zero attached hydrogens (tertiary/aromatic N) is 5. The van der Waals surface area contributed by atoms with Crippen molar-refractivity contribution in [3.05, 3.63) is 42.6 Å². The smallest absolute Gasteiger partial charge is 0.410 e. The summed E-state index contributed by atoms with van der Waals surface area (Å²) in [6, 6.07) is 4.11. The largest absolute Gasteiger partial charge is 0.444 e. The van der Waals surface area contributed by atoms with Crippen LogP contribution in [0, 0.1) is 0 Å². The van der Waals surface area contributed by atoms with E-state index in [0.717, 1.165) is 11.4 Å². The van der Waals surface area contributed by atoms with Gasteiger partial charge in [0.2, 0.25) is 0 Å². The van der Waals surface area contributed by atoms with E-state index in [0.29, 0.717) is 25.6 Å². The number of ether oxygens (including phenoxy) is 1. The third kappa shape index (κ3) is 5.21. The van der Waals surface area contributed by atoms with Crippen molar-refractivity contribution in [1.82, 2.24) is 30.1 Å². The van der Waals surface area contributed by atoms with Crippen molar-refractivity contribution in [3.63, 3.8) is 0 Å². The highest BCUT2D eigenvalue weighted by Crippen LogP contribution is 2.15. The predicted molar refractivity (Wildman–Crippen MR) is 106 cm³/mol. The monoisotopic (exact) mass is 385 g/mol. The van der Waals surface area contributed by atoms with E-state index in [1.807, 2.05) is 49.9 Å². The lowest BCUT2D eigenvalue weighted by Gasteiger charge is -2.40. The van der Waals surface area contributed by atoms with Gasteiger partial charge >= 0.3 is 6.09 Å². The Labute approximate surface area is 164 Å². The fourth-order valence-electron chi connectivity index (χ4n) is 2.69. The Morgan fingerprint density at radius 2 is 2.14 bits per heavy atom. The average Bonchev–Trinajstić information content (AvgIpc) is 3.13. The Morgan fingerprint density at radius 1 is 1.36 bits per heavy atom. The standard InChI is InChI=1S/C19H27N7O2/c1-19(2,3)28-18(27)26-11-15(12-26)24-17(20-4)23-10-14-5-6-16(22-9-14)25-8-7-21-13-25/h5-9,13,15H,10-12H2,1-4H3,(H2,20,23,24). The summed E-state index contributed by atoms with van der Waals surface area (Å²) in [6.45, 7) is 7.38. The first-order valence-corrected chi connectivity index (χ1v) is 9.22. The van der Waals surface area contributed by atoms with Gasteiger partial charge in [-0.2, -0.15) is 0 Å². The van der Waals surface area contributed by atoms with Crippen LogP contribution in [0.2, 0.25) is 0 Å². The number of imidazole rings is 1. The first kappa shape index (κ1) is 19.7. The Bertz CT molecular complexity index is 804. The second-order valence-electron chi connectivity index (χ2n) is 7.65. The zero-order valence-electron chi connectivity index (χ0n) is 16.7. The fourth-order valence-corrected chi connectivity index (χ4v) is 2.69. The van der Waals surface area contributed by atoms with E-state index < -0.39 is 5.60 Å². The van der Waals surface area contributed by atoms with E-state index in [-0.39, 0.29) is 12.1 Å². The van der Waals surface area contributed by atoms with Crippen LogP contribution in [0.25, 0.3) is 5.82 Å². The van der Waals surface area contributed by atoms with E-state index >= 15 is 0 Å². The second-order valence-corrected chi connectivity index (χ2v) is 7.65. The molecule has 1 aliphatic heterocycles. The van der Waals surface area contributed by atoms with Crippen LogP contribution in [0.15, 0.2) is 42.0 Å². The molecular formula is C19H27N7O2. The lowest BCUT2D eigenvalue weighted by atomic mass is 10.1.